The summed E-state index contributed by atoms with van der Waals surface area (Å²) >= 11 is 6.06. The van der Waals surface area contributed by atoms with E-state index in [0.29, 0.717) is 22.0 Å². The van der Waals surface area contributed by atoms with Crippen molar-refractivity contribution in [2.24, 2.45) is 0 Å². The first-order valence-electron chi connectivity index (χ1n) is 5.96. The van der Waals surface area contributed by atoms with Gasteiger partial charge in [0.25, 0.3) is 5.91 Å². The van der Waals surface area contributed by atoms with E-state index < -0.39 is 0 Å². The van der Waals surface area contributed by atoms with Crippen molar-refractivity contribution in [2.75, 3.05) is 12.4 Å². The van der Waals surface area contributed by atoms with Crippen LogP contribution in [0, 0.1) is 6.92 Å². The number of aromatic hydroxyl groups is 1. The number of hydrogen-bond donors (Lipinski definition) is 2. The summed E-state index contributed by atoms with van der Waals surface area (Å²) in [5.41, 5.74) is 1.85. The lowest BCUT2D eigenvalue weighted by molar-refractivity contribution is 0.102. The van der Waals surface area contributed by atoms with Crippen molar-refractivity contribution < 1.29 is 14.6 Å². The molecule has 0 spiro atoms. The average Bonchev–Trinajstić information content (AvgIpc) is 2.41. The Morgan fingerprint density at radius 1 is 1.25 bits per heavy atom. The van der Waals surface area contributed by atoms with Crippen molar-refractivity contribution in [3.05, 3.63) is 52.5 Å². The van der Waals surface area contributed by atoms with Crippen LogP contribution in [0.15, 0.2) is 36.4 Å². The summed E-state index contributed by atoms with van der Waals surface area (Å²) in [7, 11) is 1.45. The van der Waals surface area contributed by atoms with Crippen LogP contribution in [0.1, 0.15) is 15.9 Å². The molecule has 0 unspecified atom stereocenters. The topological polar surface area (TPSA) is 58.6 Å². The molecule has 2 aromatic rings. The van der Waals surface area contributed by atoms with Crippen molar-refractivity contribution in [3.8, 4) is 11.5 Å². The molecule has 104 valence electrons. The highest BCUT2D eigenvalue weighted by molar-refractivity contribution is 6.34. The van der Waals surface area contributed by atoms with Gasteiger partial charge in [-0.25, -0.2) is 0 Å². The van der Waals surface area contributed by atoms with Gasteiger partial charge in [-0.2, -0.15) is 0 Å². The van der Waals surface area contributed by atoms with E-state index in [1.165, 1.54) is 19.2 Å². The number of phenols is 1. The molecule has 0 saturated carbocycles. The van der Waals surface area contributed by atoms with E-state index in [1.807, 2.05) is 13.0 Å². The molecule has 0 atom stereocenters. The minimum absolute atomic E-state index is 0.0878. The number of anilines is 1. The summed E-state index contributed by atoms with van der Waals surface area (Å²) in [5.74, 6) is -0.126. The molecular formula is C15H14ClNO3. The first-order valence-corrected chi connectivity index (χ1v) is 6.33. The van der Waals surface area contributed by atoms with E-state index in [4.69, 9.17) is 16.3 Å². The summed E-state index contributed by atoms with van der Waals surface area (Å²) < 4.78 is 4.93. The van der Waals surface area contributed by atoms with Crippen molar-refractivity contribution in [1.29, 1.82) is 0 Å². The summed E-state index contributed by atoms with van der Waals surface area (Å²) in [5, 5.41) is 12.8. The van der Waals surface area contributed by atoms with Gasteiger partial charge in [0, 0.05) is 5.56 Å². The third-order valence-electron chi connectivity index (χ3n) is 2.81. The number of nitrogens with one attached hydrogen (secondary N) is 1. The number of ether oxygens (including phenoxy) is 1. The van der Waals surface area contributed by atoms with E-state index in [2.05, 4.69) is 5.32 Å². The molecule has 2 rings (SSSR count). The summed E-state index contributed by atoms with van der Waals surface area (Å²) in [4.78, 5) is 12.1. The van der Waals surface area contributed by atoms with E-state index in [0.717, 1.165) is 5.56 Å². The van der Waals surface area contributed by atoms with Crippen LogP contribution in [0.4, 0.5) is 5.69 Å². The fourth-order valence-electron chi connectivity index (χ4n) is 1.75. The van der Waals surface area contributed by atoms with E-state index >= 15 is 0 Å². The highest BCUT2D eigenvalue weighted by Gasteiger charge is 2.11. The molecule has 0 saturated heterocycles. The second kappa shape index (κ2) is 5.84. The summed E-state index contributed by atoms with van der Waals surface area (Å²) in [6.07, 6.45) is 0. The lowest BCUT2D eigenvalue weighted by atomic mass is 10.1. The molecule has 4 nitrogen and oxygen atoms in total. The van der Waals surface area contributed by atoms with Gasteiger partial charge >= 0.3 is 0 Å². The normalized spacial score (nSPS) is 10.2. The molecule has 0 radical (unpaired) electrons. The third kappa shape index (κ3) is 3.03. The Bertz CT molecular complexity index is 656. The Morgan fingerprint density at radius 3 is 2.60 bits per heavy atom. The largest absolute Gasteiger partial charge is 0.504 e. The molecule has 0 bridgehead atoms. The summed E-state index contributed by atoms with van der Waals surface area (Å²) in [6, 6.07) is 9.79. The zero-order valence-electron chi connectivity index (χ0n) is 11.1. The standard InChI is InChI=1S/C15H14ClNO3/c1-9-3-5-12(11(16)7-9)17-15(19)10-4-6-14(20-2)13(18)8-10/h3-8,18H,1-2H3,(H,17,19). The zero-order chi connectivity index (χ0) is 14.7. The number of rotatable bonds is 3. The lowest BCUT2D eigenvalue weighted by Gasteiger charge is -2.09. The Labute approximate surface area is 122 Å². The Kier molecular flexibility index (Phi) is 4.15. The van der Waals surface area contributed by atoms with E-state index in [-0.39, 0.29) is 11.7 Å². The van der Waals surface area contributed by atoms with Crippen molar-refractivity contribution in [3.63, 3.8) is 0 Å². The molecular weight excluding hydrogens is 278 g/mol. The molecule has 2 N–H and O–H groups in total. The fraction of sp³-hybridized carbons (Fsp3) is 0.133. The second-order valence-corrected chi connectivity index (χ2v) is 4.73. The maximum Gasteiger partial charge on any atom is 0.255 e. The van der Waals surface area contributed by atoms with Gasteiger partial charge in [0.15, 0.2) is 11.5 Å². The van der Waals surface area contributed by atoms with Gasteiger partial charge in [-0.1, -0.05) is 17.7 Å². The molecule has 0 fully saturated rings. The number of carbonyl (C=O) groups is 1. The molecule has 0 heterocycles. The highest BCUT2D eigenvalue weighted by Crippen LogP contribution is 2.27. The minimum atomic E-state index is -0.353. The van der Waals surface area contributed by atoms with Gasteiger partial charge in [-0.15, -0.1) is 0 Å². The smallest absolute Gasteiger partial charge is 0.255 e. The average molecular weight is 292 g/mol. The number of halogens is 1. The SMILES string of the molecule is COc1ccc(C(=O)Nc2ccc(C)cc2Cl)cc1O. The quantitative estimate of drug-likeness (QED) is 0.908. The monoisotopic (exact) mass is 291 g/mol. The molecule has 0 aromatic heterocycles. The number of amides is 1. The van der Waals surface area contributed by atoms with Crippen LogP contribution in [0.3, 0.4) is 0 Å². The van der Waals surface area contributed by atoms with Crippen molar-refractivity contribution in [2.45, 2.75) is 6.92 Å². The van der Waals surface area contributed by atoms with Crippen LogP contribution in [0.2, 0.25) is 5.02 Å². The molecule has 0 aliphatic heterocycles. The zero-order valence-corrected chi connectivity index (χ0v) is 11.9. The number of phenolic OH excluding ortho intramolecular Hbond substituents is 1. The van der Waals surface area contributed by atoms with Crippen LogP contribution in [0.5, 0.6) is 11.5 Å². The van der Waals surface area contributed by atoms with Crippen LogP contribution in [-0.4, -0.2) is 18.1 Å². The predicted molar refractivity (Wildman–Crippen MR) is 78.8 cm³/mol. The molecule has 0 aliphatic rings. The number of carbonyl (C=O) groups excluding carboxylic acids is 1. The Balaban J connectivity index is 2.21. The van der Waals surface area contributed by atoms with Crippen LogP contribution < -0.4 is 10.1 Å². The van der Waals surface area contributed by atoms with Gasteiger partial charge in [0.05, 0.1) is 17.8 Å². The predicted octanol–water partition coefficient (Wildman–Crippen LogP) is 3.61. The number of methoxy groups -OCH3 is 1. The maximum atomic E-state index is 12.1. The maximum absolute atomic E-state index is 12.1. The number of aryl methyl sites for hydroxylation is 1. The molecule has 5 heteroatoms. The Hall–Kier alpha value is -2.20. The van der Waals surface area contributed by atoms with Gasteiger partial charge in [-0.3, -0.25) is 4.79 Å². The van der Waals surface area contributed by atoms with Crippen LogP contribution in [0.25, 0.3) is 0 Å². The van der Waals surface area contributed by atoms with Gasteiger partial charge in [0.1, 0.15) is 0 Å². The lowest BCUT2D eigenvalue weighted by Crippen LogP contribution is -2.12. The molecule has 2 aromatic carbocycles. The Morgan fingerprint density at radius 2 is 2.00 bits per heavy atom. The van der Waals surface area contributed by atoms with E-state index in [1.54, 1.807) is 18.2 Å². The van der Waals surface area contributed by atoms with Crippen molar-refractivity contribution in [1.82, 2.24) is 0 Å². The van der Waals surface area contributed by atoms with Crippen LogP contribution in [-0.2, 0) is 0 Å². The first-order chi connectivity index (χ1) is 9.51. The summed E-state index contributed by atoms with van der Waals surface area (Å²) in [6.45, 7) is 1.92. The molecule has 0 aliphatic carbocycles. The van der Waals surface area contributed by atoms with Crippen LogP contribution >= 0.6 is 11.6 Å². The number of hydrogen-bond acceptors (Lipinski definition) is 3. The van der Waals surface area contributed by atoms with Crippen molar-refractivity contribution >= 4 is 23.2 Å². The fourth-order valence-corrected chi connectivity index (χ4v) is 2.03. The second-order valence-electron chi connectivity index (χ2n) is 4.32. The number of benzene rings is 2. The minimum Gasteiger partial charge on any atom is -0.504 e. The van der Waals surface area contributed by atoms with E-state index in [9.17, 15) is 9.90 Å². The molecule has 1 amide bonds. The van der Waals surface area contributed by atoms with Gasteiger partial charge in [-0.05, 0) is 42.8 Å². The first kappa shape index (κ1) is 14.2. The van der Waals surface area contributed by atoms with Gasteiger partial charge < -0.3 is 15.2 Å². The highest BCUT2D eigenvalue weighted by atomic mass is 35.5. The molecule has 20 heavy (non-hydrogen) atoms. The van der Waals surface area contributed by atoms with Gasteiger partial charge in [0.2, 0.25) is 0 Å². The third-order valence-corrected chi connectivity index (χ3v) is 3.13.